The Morgan fingerprint density at radius 2 is 1.83 bits per heavy atom. The van der Waals surface area contributed by atoms with E-state index in [0.717, 1.165) is 24.3 Å². The molecule has 0 radical (unpaired) electrons. The molecular formula is C26H42O4. The van der Waals surface area contributed by atoms with Crippen LogP contribution < -0.4 is 0 Å². The van der Waals surface area contributed by atoms with Crippen molar-refractivity contribution in [2.45, 2.75) is 109 Å². The summed E-state index contributed by atoms with van der Waals surface area (Å²) < 4.78 is 5.39. The molecule has 0 aromatic rings. The third-order valence-electron chi connectivity index (χ3n) is 8.99. The van der Waals surface area contributed by atoms with Crippen LogP contribution in [-0.2, 0) is 4.74 Å². The second kappa shape index (κ2) is 8.03. The summed E-state index contributed by atoms with van der Waals surface area (Å²) in [7, 11) is 0. The van der Waals surface area contributed by atoms with Crippen molar-refractivity contribution < 1.29 is 20.1 Å². The molecule has 1 aliphatic heterocycles. The highest BCUT2D eigenvalue weighted by Crippen LogP contribution is 2.60. The Labute approximate surface area is 182 Å². The molecule has 3 aliphatic carbocycles. The lowest BCUT2D eigenvalue weighted by atomic mass is 9.60. The van der Waals surface area contributed by atoms with Crippen molar-refractivity contribution in [3.8, 4) is 0 Å². The summed E-state index contributed by atoms with van der Waals surface area (Å²) in [5.41, 5.74) is 1.82. The summed E-state index contributed by atoms with van der Waals surface area (Å²) in [4.78, 5) is 0. The van der Waals surface area contributed by atoms with E-state index >= 15 is 0 Å². The number of rotatable bonds is 5. The molecule has 0 bridgehead atoms. The molecule has 6 atom stereocenters. The van der Waals surface area contributed by atoms with Crippen LogP contribution in [0.25, 0.3) is 0 Å². The highest BCUT2D eigenvalue weighted by Gasteiger charge is 2.59. The summed E-state index contributed by atoms with van der Waals surface area (Å²) in [5.74, 6) is 2.02. The number of epoxide rings is 1. The molecular weight excluding hydrogens is 376 g/mol. The smallest absolute Gasteiger partial charge is 0.144 e. The first kappa shape index (κ1) is 22.5. The van der Waals surface area contributed by atoms with E-state index in [1.54, 1.807) is 5.57 Å². The predicted molar refractivity (Wildman–Crippen MR) is 119 cm³/mol. The topological polar surface area (TPSA) is 73.2 Å². The van der Waals surface area contributed by atoms with Crippen LogP contribution in [0.4, 0.5) is 0 Å². The van der Waals surface area contributed by atoms with Gasteiger partial charge in [-0.1, -0.05) is 37.1 Å². The van der Waals surface area contributed by atoms with E-state index < -0.39 is 23.4 Å². The zero-order valence-electron chi connectivity index (χ0n) is 19.4. The fraction of sp³-hybridized carbons (Fsp3) is 0.846. The molecule has 0 unspecified atom stereocenters. The largest absolute Gasteiger partial charge is 0.390 e. The molecule has 1 heterocycles. The third-order valence-corrected chi connectivity index (χ3v) is 8.99. The van der Waals surface area contributed by atoms with Crippen LogP contribution in [-0.4, -0.2) is 45.3 Å². The van der Waals surface area contributed by atoms with Crippen LogP contribution in [0.5, 0.6) is 0 Å². The molecule has 1 spiro atoms. The molecule has 30 heavy (non-hydrogen) atoms. The van der Waals surface area contributed by atoms with Crippen LogP contribution in [0.1, 0.15) is 85.5 Å². The van der Waals surface area contributed by atoms with Crippen molar-refractivity contribution in [2.24, 2.45) is 23.2 Å². The predicted octanol–water partition coefficient (Wildman–Crippen LogP) is 4.53. The number of hydrogen-bond donors (Lipinski definition) is 3. The number of ether oxygens (including phenoxy) is 1. The monoisotopic (exact) mass is 418 g/mol. The second-order valence-corrected chi connectivity index (χ2v) is 11.7. The zero-order valence-corrected chi connectivity index (χ0v) is 19.4. The van der Waals surface area contributed by atoms with Crippen molar-refractivity contribution in [1.82, 2.24) is 0 Å². The molecule has 0 aromatic carbocycles. The third kappa shape index (κ3) is 4.18. The van der Waals surface area contributed by atoms with Crippen LogP contribution in [0.3, 0.4) is 0 Å². The minimum Gasteiger partial charge on any atom is -0.390 e. The number of fused-ring (bicyclic) bond motifs is 1. The Balaban J connectivity index is 1.45. The Hall–Kier alpha value is -0.680. The number of aliphatic hydroxyl groups is 3. The van der Waals surface area contributed by atoms with Crippen molar-refractivity contribution in [3.05, 3.63) is 23.3 Å². The van der Waals surface area contributed by atoms with E-state index in [1.807, 2.05) is 13.8 Å². The van der Waals surface area contributed by atoms with Crippen LogP contribution in [0.2, 0.25) is 0 Å². The van der Waals surface area contributed by atoms with Gasteiger partial charge in [-0.05, 0) is 94.8 Å². The van der Waals surface area contributed by atoms with Gasteiger partial charge in [-0.2, -0.15) is 0 Å². The number of aliphatic hydroxyl groups excluding tert-OH is 2. The van der Waals surface area contributed by atoms with Gasteiger partial charge in [-0.3, -0.25) is 0 Å². The van der Waals surface area contributed by atoms with Gasteiger partial charge in [0.05, 0.1) is 24.4 Å². The van der Waals surface area contributed by atoms with Crippen LogP contribution in [0.15, 0.2) is 23.3 Å². The molecule has 1 saturated heterocycles. The lowest BCUT2D eigenvalue weighted by Crippen LogP contribution is -2.45. The van der Waals surface area contributed by atoms with Gasteiger partial charge in [0.1, 0.15) is 5.60 Å². The maximum absolute atomic E-state index is 10.4. The summed E-state index contributed by atoms with van der Waals surface area (Å²) in [6.45, 7) is 9.23. The number of hydrogen-bond acceptors (Lipinski definition) is 4. The van der Waals surface area contributed by atoms with Crippen molar-refractivity contribution in [3.63, 3.8) is 0 Å². The fourth-order valence-electron chi connectivity index (χ4n) is 6.97. The highest BCUT2D eigenvalue weighted by atomic mass is 16.6. The van der Waals surface area contributed by atoms with E-state index in [2.05, 4.69) is 26.0 Å². The SMILES string of the molecule is C[C@H](CCC(C)(C)O)[C@H]1CC[C@H]2/C(=C\C=C3C[C@@H](O)C4(CO4)[C@H](O)C3)CCC[C@]12C. The van der Waals surface area contributed by atoms with E-state index in [0.29, 0.717) is 36.7 Å². The average Bonchev–Trinajstić information content (AvgIpc) is 3.39. The van der Waals surface area contributed by atoms with Gasteiger partial charge in [0, 0.05) is 0 Å². The van der Waals surface area contributed by atoms with Gasteiger partial charge >= 0.3 is 0 Å². The highest BCUT2D eigenvalue weighted by molar-refractivity contribution is 5.28. The maximum Gasteiger partial charge on any atom is 0.144 e. The van der Waals surface area contributed by atoms with Crippen LogP contribution >= 0.6 is 0 Å². The average molecular weight is 419 g/mol. The summed E-state index contributed by atoms with van der Waals surface area (Å²) in [5, 5.41) is 31.0. The first-order chi connectivity index (χ1) is 14.1. The lowest BCUT2D eigenvalue weighted by molar-refractivity contribution is -0.0292. The first-order valence-corrected chi connectivity index (χ1v) is 12.2. The van der Waals surface area contributed by atoms with Gasteiger partial charge < -0.3 is 20.1 Å². The Kier molecular flexibility index (Phi) is 6.02. The van der Waals surface area contributed by atoms with E-state index in [-0.39, 0.29) is 0 Å². The molecule has 3 saturated carbocycles. The van der Waals surface area contributed by atoms with Crippen LogP contribution in [0, 0.1) is 23.2 Å². The van der Waals surface area contributed by atoms with E-state index in [1.165, 1.54) is 32.1 Å². The Bertz CT molecular complexity index is 682. The maximum atomic E-state index is 10.4. The van der Waals surface area contributed by atoms with Crippen molar-refractivity contribution >= 4 is 0 Å². The minimum atomic E-state index is -0.675. The normalized spacial score (nSPS) is 43.7. The van der Waals surface area contributed by atoms with Gasteiger partial charge in [0.25, 0.3) is 0 Å². The minimum absolute atomic E-state index is 0.360. The summed E-state index contributed by atoms with van der Waals surface area (Å²) in [6, 6.07) is 0. The molecule has 3 N–H and O–H groups in total. The molecule has 4 heteroatoms. The van der Waals surface area contributed by atoms with Crippen molar-refractivity contribution in [2.75, 3.05) is 6.61 Å². The lowest BCUT2D eigenvalue weighted by Gasteiger charge is -2.44. The molecule has 0 amide bonds. The molecule has 170 valence electrons. The quantitative estimate of drug-likeness (QED) is 0.574. The molecule has 0 aromatic heterocycles. The fourth-order valence-corrected chi connectivity index (χ4v) is 6.97. The molecule has 4 aliphatic rings. The second-order valence-electron chi connectivity index (χ2n) is 11.7. The standard InChI is InChI=1S/C26H42O4/c1-17(11-13-24(2,3)29)20-9-10-21-19(6-5-12-25(20,21)4)8-7-18-14-22(27)26(16-30-26)23(28)15-18/h7-8,17,20-23,27-29H,5-6,9-16H2,1-4H3/b18-7?,19-8-/t17-,20-,21+,22-,23-,25-,26?/m1/s1. The van der Waals surface area contributed by atoms with Gasteiger partial charge in [0.15, 0.2) is 0 Å². The zero-order chi connectivity index (χ0) is 21.7. The summed E-state index contributed by atoms with van der Waals surface area (Å²) >= 11 is 0. The van der Waals surface area contributed by atoms with Gasteiger partial charge in [-0.15, -0.1) is 0 Å². The van der Waals surface area contributed by atoms with E-state index in [4.69, 9.17) is 4.74 Å². The van der Waals surface area contributed by atoms with Gasteiger partial charge in [-0.25, -0.2) is 0 Å². The molecule has 4 rings (SSSR count). The Morgan fingerprint density at radius 3 is 2.43 bits per heavy atom. The molecule has 4 nitrogen and oxygen atoms in total. The molecule has 4 fully saturated rings. The van der Waals surface area contributed by atoms with E-state index in [9.17, 15) is 15.3 Å². The van der Waals surface area contributed by atoms with Gasteiger partial charge in [0.2, 0.25) is 0 Å². The van der Waals surface area contributed by atoms with Crippen molar-refractivity contribution in [1.29, 1.82) is 0 Å². The first-order valence-electron chi connectivity index (χ1n) is 12.2. The Morgan fingerprint density at radius 1 is 1.17 bits per heavy atom. The number of allylic oxidation sites excluding steroid dienone is 3. The summed E-state index contributed by atoms with van der Waals surface area (Å²) in [6.07, 6.45) is 12.8.